The minimum Gasteiger partial charge on any atom is -0.352 e. The average Bonchev–Trinajstić information content (AvgIpc) is 2.65. The second-order valence-electron chi connectivity index (χ2n) is 5.59. The molecule has 0 saturated carbocycles. The molecule has 1 aliphatic heterocycles. The Morgan fingerprint density at radius 3 is 2.32 bits per heavy atom. The number of aromatic nitrogens is 1. The van der Waals surface area contributed by atoms with Gasteiger partial charge < -0.3 is 15.1 Å². The predicted octanol–water partition coefficient (Wildman–Crippen LogP) is 3.05. The molecular weight excluding hydrogens is 363 g/mol. The van der Waals surface area contributed by atoms with Crippen molar-refractivity contribution in [2.45, 2.75) is 0 Å². The van der Waals surface area contributed by atoms with Gasteiger partial charge in [0.05, 0.1) is 27.6 Å². The van der Waals surface area contributed by atoms with Gasteiger partial charge in [0.25, 0.3) is 5.91 Å². The second-order valence-corrected chi connectivity index (χ2v) is 6.40. The minimum absolute atomic E-state index is 0.145. The van der Waals surface area contributed by atoms with E-state index in [0.29, 0.717) is 53.3 Å². The van der Waals surface area contributed by atoms with E-state index in [4.69, 9.17) is 23.2 Å². The van der Waals surface area contributed by atoms with Crippen molar-refractivity contribution in [3.05, 3.63) is 52.3 Å². The van der Waals surface area contributed by atoms with Gasteiger partial charge in [-0.15, -0.1) is 0 Å². The fraction of sp³-hybridized carbons (Fsp3) is 0.235. The highest BCUT2D eigenvalue weighted by Gasteiger charge is 2.22. The number of rotatable bonds is 4. The van der Waals surface area contributed by atoms with E-state index in [-0.39, 0.29) is 5.91 Å². The Hall–Kier alpha value is -2.31. The van der Waals surface area contributed by atoms with E-state index < -0.39 is 0 Å². The van der Waals surface area contributed by atoms with E-state index in [9.17, 15) is 9.59 Å². The lowest BCUT2D eigenvalue weighted by atomic mass is 10.2. The summed E-state index contributed by atoms with van der Waals surface area (Å²) in [4.78, 5) is 30.8. The molecule has 8 heteroatoms. The van der Waals surface area contributed by atoms with Crippen LogP contribution in [0.2, 0.25) is 10.0 Å². The molecule has 0 radical (unpaired) electrons. The Bertz CT molecular complexity index is 754. The number of piperazine rings is 1. The smallest absolute Gasteiger partial charge is 0.272 e. The van der Waals surface area contributed by atoms with Crippen LogP contribution in [0.1, 0.15) is 10.5 Å². The van der Waals surface area contributed by atoms with Crippen LogP contribution in [0.15, 0.2) is 36.5 Å². The SMILES string of the molecule is O=CN1CCN(C(=O)c2ccc(Nc3c(Cl)cccc3Cl)cn2)CC1. The number of para-hydroxylation sites is 1. The maximum atomic E-state index is 12.5. The van der Waals surface area contributed by atoms with Crippen LogP contribution in [-0.4, -0.2) is 53.3 Å². The molecule has 2 aromatic rings. The number of pyridine rings is 1. The number of anilines is 2. The second kappa shape index (κ2) is 7.72. The zero-order chi connectivity index (χ0) is 17.8. The molecule has 2 heterocycles. The van der Waals surface area contributed by atoms with Crippen LogP contribution in [-0.2, 0) is 4.79 Å². The Kier molecular flexibility index (Phi) is 5.40. The van der Waals surface area contributed by atoms with E-state index >= 15 is 0 Å². The largest absolute Gasteiger partial charge is 0.352 e. The molecule has 25 heavy (non-hydrogen) atoms. The number of halogens is 2. The van der Waals surface area contributed by atoms with Crippen molar-refractivity contribution in [2.24, 2.45) is 0 Å². The molecule has 0 spiro atoms. The van der Waals surface area contributed by atoms with Crippen LogP contribution in [0, 0.1) is 0 Å². The molecule has 1 aliphatic rings. The molecule has 0 atom stereocenters. The van der Waals surface area contributed by atoms with Gasteiger partial charge >= 0.3 is 0 Å². The summed E-state index contributed by atoms with van der Waals surface area (Å²) in [5.41, 5.74) is 1.63. The van der Waals surface area contributed by atoms with Crippen LogP contribution >= 0.6 is 23.2 Å². The summed E-state index contributed by atoms with van der Waals surface area (Å²) in [5, 5.41) is 4.10. The van der Waals surface area contributed by atoms with Gasteiger partial charge in [0.1, 0.15) is 5.69 Å². The summed E-state index contributed by atoms with van der Waals surface area (Å²) in [7, 11) is 0. The molecule has 1 fully saturated rings. The molecule has 0 aliphatic carbocycles. The Morgan fingerprint density at radius 2 is 1.76 bits per heavy atom. The van der Waals surface area contributed by atoms with Crippen LogP contribution in [0.25, 0.3) is 0 Å². The molecule has 1 aromatic carbocycles. The normalized spacial score (nSPS) is 14.3. The van der Waals surface area contributed by atoms with E-state index in [1.54, 1.807) is 46.3 Å². The van der Waals surface area contributed by atoms with Crippen LogP contribution in [0.5, 0.6) is 0 Å². The lowest BCUT2D eigenvalue weighted by Gasteiger charge is -2.32. The number of nitrogens with zero attached hydrogens (tertiary/aromatic N) is 3. The zero-order valence-corrected chi connectivity index (χ0v) is 14.8. The van der Waals surface area contributed by atoms with Crippen molar-refractivity contribution in [2.75, 3.05) is 31.5 Å². The van der Waals surface area contributed by atoms with Crippen molar-refractivity contribution in [3.63, 3.8) is 0 Å². The highest BCUT2D eigenvalue weighted by atomic mass is 35.5. The number of benzene rings is 1. The van der Waals surface area contributed by atoms with E-state index in [1.807, 2.05) is 0 Å². The first kappa shape index (κ1) is 17.5. The fourth-order valence-corrected chi connectivity index (χ4v) is 3.04. The van der Waals surface area contributed by atoms with Crippen molar-refractivity contribution < 1.29 is 9.59 Å². The minimum atomic E-state index is -0.145. The van der Waals surface area contributed by atoms with Gasteiger partial charge in [-0.1, -0.05) is 29.3 Å². The van der Waals surface area contributed by atoms with Gasteiger partial charge in [0.2, 0.25) is 6.41 Å². The van der Waals surface area contributed by atoms with Crippen LogP contribution in [0.3, 0.4) is 0 Å². The Balaban J connectivity index is 1.68. The summed E-state index contributed by atoms with van der Waals surface area (Å²) in [5.74, 6) is -0.145. The first-order valence-electron chi connectivity index (χ1n) is 7.74. The first-order valence-corrected chi connectivity index (χ1v) is 8.50. The Morgan fingerprint density at radius 1 is 1.08 bits per heavy atom. The number of hydrogen-bond donors (Lipinski definition) is 1. The Labute approximate surface area is 155 Å². The number of carbonyl (C=O) groups is 2. The highest BCUT2D eigenvalue weighted by Crippen LogP contribution is 2.32. The third-order valence-corrected chi connectivity index (χ3v) is 4.60. The van der Waals surface area contributed by atoms with Crippen LogP contribution < -0.4 is 5.32 Å². The number of hydrogen-bond acceptors (Lipinski definition) is 4. The van der Waals surface area contributed by atoms with Gasteiger partial charge in [-0.3, -0.25) is 9.59 Å². The van der Waals surface area contributed by atoms with Crippen molar-refractivity contribution in [1.29, 1.82) is 0 Å². The number of carbonyl (C=O) groups excluding carboxylic acids is 2. The molecule has 6 nitrogen and oxygen atoms in total. The maximum Gasteiger partial charge on any atom is 0.272 e. The summed E-state index contributed by atoms with van der Waals surface area (Å²) >= 11 is 12.3. The first-order chi connectivity index (χ1) is 12.1. The quantitative estimate of drug-likeness (QED) is 0.830. The summed E-state index contributed by atoms with van der Waals surface area (Å²) < 4.78 is 0. The molecular formula is C17H16Cl2N4O2. The van der Waals surface area contributed by atoms with Gasteiger partial charge in [-0.25, -0.2) is 4.98 Å². The molecule has 1 N–H and O–H groups in total. The van der Waals surface area contributed by atoms with Gasteiger partial charge in [0, 0.05) is 26.2 Å². The van der Waals surface area contributed by atoms with Crippen molar-refractivity contribution in [1.82, 2.24) is 14.8 Å². The summed E-state index contributed by atoms with van der Waals surface area (Å²) in [6.45, 7) is 2.10. The molecule has 130 valence electrons. The monoisotopic (exact) mass is 378 g/mol. The standard InChI is InChI=1S/C17H16Cl2N4O2/c18-13-2-1-3-14(19)16(13)21-12-4-5-15(20-10-12)17(25)23-8-6-22(11-24)7-9-23/h1-5,10-11,21H,6-9H2. The fourth-order valence-electron chi connectivity index (χ4n) is 2.55. The molecule has 3 rings (SSSR count). The zero-order valence-electron chi connectivity index (χ0n) is 13.3. The van der Waals surface area contributed by atoms with Crippen molar-refractivity contribution in [3.8, 4) is 0 Å². The topological polar surface area (TPSA) is 65.5 Å². The highest BCUT2D eigenvalue weighted by molar-refractivity contribution is 6.39. The number of nitrogens with one attached hydrogen (secondary N) is 1. The van der Waals surface area contributed by atoms with Gasteiger partial charge in [-0.2, -0.15) is 0 Å². The molecule has 0 bridgehead atoms. The lowest BCUT2D eigenvalue weighted by Crippen LogP contribution is -2.48. The van der Waals surface area contributed by atoms with Gasteiger partial charge in [-0.05, 0) is 24.3 Å². The molecule has 1 aromatic heterocycles. The molecule has 2 amide bonds. The average molecular weight is 379 g/mol. The van der Waals surface area contributed by atoms with Gasteiger partial charge in [0.15, 0.2) is 0 Å². The van der Waals surface area contributed by atoms with E-state index in [1.165, 1.54) is 0 Å². The number of amides is 2. The summed E-state index contributed by atoms with van der Waals surface area (Å²) in [6.07, 6.45) is 2.37. The summed E-state index contributed by atoms with van der Waals surface area (Å²) in [6, 6.07) is 8.64. The maximum absolute atomic E-state index is 12.5. The van der Waals surface area contributed by atoms with E-state index in [0.717, 1.165) is 6.41 Å². The van der Waals surface area contributed by atoms with Crippen LogP contribution in [0.4, 0.5) is 11.4 Å². The third-order valence-electron chi connectivity index (χ3n) is 3.97. The van der Waals surface area contributed by atoms with E-state index in [2.05, 4.69) is 10.3 Å². The molecule has 1 saturated heterocycles. The third kappa shape index (κ3) is 4.03. The van der Waals surface area contributed by atoms with Crippen molar-refractivity contribution >= 4 is 46.9 Å². The predicted molar refractivity (Wildman–Crippen MR) is 97.5 cm³/mol. The molecule has 0 unspecified atom stereocenters. The lowest BCUT2D eigenvalue weighted by molar-refractivity contribution is -0.119.